The van der Waals surface area contributed by atoms with E-state index in [1.165, 1.54) is 0 Å². The first-order chi connectivity index (χ1) is 10.6. The number of rotatable bonds is 3. The van der Waals surface area contributed by atoms with E-state index >= 15 is 0 Å². The SMILES string of the molecule is NC(N)=NN=C(N)NC(=O)c1ccc(-c2ccccc2)cc1. The number of hydrogen-bond donors (Lipinski definition) is 4. The van der Waals surface area contributed by atoms with E-state index in [0.29, 0.717) is 5.56 Å². The zero-order valence-electron chi connectivity index (χ0n) is 11.7. The van der Waals surface area contributed by atoms with Crippen LogP contribution in [0.2, 0.25) is 0 Å². The molecule has 7 heteroatoms. The van der Waals surface area contributed by atoms with Crippen molar-refractivity contribution in [1.82, 2.24) is 5.32 Å². The van der Waals surface area contributed by atoms with Gasteiger partial charge < -0.3 is 17.2 Å². The Labute approximate surface area is 127 Å². The van der Waals surface area contributed by atoms with Gasteiger partial charge in [0.15, 0.2) is 0 Å². The summed E-state index contributed by atoms with van der Waals surface area (Å²) in [6.45, 7) is 0. The van der Waals surface area contributed by atoms with E-state index in [4.69, 9.17) is 17.2 Å². The fourth-order valence-corrected chi connectivity index (χ4v) is 1.77. The monoisotopic (exact) mass is 296 g/mol. The first-order valence-corrected chi connectivity index (χ1v) is 6.45. The number of carbonyl (C=O) groups excluding carboxylic acids is 1. The van der Waals surface area contributed by atoms with Crippen molar-refractivity contribution in [1.29, 1.82) is 0 Å². The third-order valence-corrected chi connectivity index (χ3v) is 2.77. The van der Waals surface area contributed by atoms with Crippen molar-refractivity contribution in [3.63, 3.8) is 0 Å². The maximum Gasteiger partial charge on any atom is 0.257 e. The summed E-state index contributed by atoms with van der Waals surface area (Å²) in [7, 11) is 0. The summed E-state index contributed by atoms with van der Waals surface area (Å²) < 4.78 is 0. The van der Waals surface area contributed by atoms with Crippen LogP contribution in [0.4, 0.5) is 0 Å². The zero-order valence-corrected chi connectivity index (χ0v) is 11.7. The van der Waals surface area contributed by atoms with Gasteiger partial charge in [-0.15, -0.1) is 10.2 Å². The quantitative estimate of drug-likeness (QED) is 0.375. The molecule has 2 aromatic carbocycles. The highest BCUT2D eigenvalue weighted by Crippen LogP contribution is 2.19. The number of carbonyl (C=O) groups is 1. The van der Waals surface area contributed by atoms with E-state index in [1.54, 1.807) is 12.1 Å². The number of benzene rings is 2. The maximum absolute atomic E-state index is 12.0. The number of amides is 1. The fourth-order valence-electron chi connectivity index (χ4n) is 1.77. The number of hydrogen-bond acceptors (Lipinski definition) is 3. The molecule has 22 heavy (non-hydrogen) atoms. The molecule has 0 aliphatic heterocycles. The molecule has 0 aliphatic rings. The molecular weight excluding hydrogens is 280 g/mol. The van der Waals surface area contributed by atoms with Gasteiger partial charge >= 0.3 is 0 Å². The van der Waals surface area contributed by atoms with Gasteiger partial charge in [0.25, 0.3) is 5.91 Å². The van der Waals surface area contributed by atoms with Gasteiger partial charge in [0, 0.05) is 5.56 Å². The number of nitrogens with zero attached hydrogens (tertiary/aromatic N) is 2. The molecule has 2 aromatic rings. The lowest BCUT2D eigenvalue weighted by atomic mass is 10.0. The van der Waals surface area contributed by atoms with E-state index in [2.05, 4.69) is 15.5 Å². The minimum Gasteiger partial charge on any atom is -0.369 e. The summed E-state index contributed by atoms with van der Waals surface area (Å²) in [5.41, 5.74) is 18.2. The van der Waals surface area contributed by atoms with Crippen LogP contribution in [0.1, 0.15) is 10.4 Å². The summed E-state index contributed by atoms with van der Waals surface area (Å²) in [6, 6.07) is 17.0. The van der Waals surface area contributed by atoms with E-state index in [-0.39, 0.29) is 11.9 Å². The Kier molecular flexibility index (Phi) is 4.71. The van der Waals surface area contributed by atoms with Gasteiger partial charge in [-0.25, -0.2) is 0 Å². The average molecular weight is 296 g/mol. The van der Waals surface area contributed by atoms with E-state index in [0.717, 1.165) is 11.1 Å². The van der Waals surface area contributed by atoms with Crippen LogP contribution in [0.3, 0.4) is 0 Å². The Bertz CT molecular complexity index is 703. The summed E-state index contributed by atoms with van der Waals surface area (Å²) in [5.74, 6) is -0.832. The molecule has 0 radical (unpaired) electrons. The molecule has 0 unspecified atom stereocenters. The van der Waals surface area contributed by atoms with Gasteiger partial charge in [-0.2, -0.15) is 0 Å². The van der Waals surface area contributed by atoms with Crippen LogP contribution >= 0.6 is 0 Å². The Balaban J connectivity index is 2.09. The van der Waals surface area contributed by atoms with Crippen LogP contribution in [0.25, 0.3) is 11.1 Å². The molecule has 0 saturated carbocycles. The van der Waals surface area contributed by atoms with Crippen molar-refractivity contribution in [2.24, 2.45) is 27.4 Å². The Hall–Kier alpha value is -3.35. The Morgan fingerprint density at radius 3 is 2.00 bits per heavy atom. The van der Waals surface area contributed by atoms with E-state index < -0.39 is 5.91 Å². The zero-order chi connectivity index (χ0) is 15.9. The molecule has 0 fully saturated rings. The van der Waals surface area contributed by atoms with Crippen LogP contribution in [0.5, 0.6) is 0 Å². The molecule has 0 spiro atoms. The molecule has 0 heterocycles. The minimum atomic E-state index is -0.397. The number of nitrogens with one attached hydrogen (secondary N) is 1. The predicted octanol–water partition coefficient (Wildman–Crippen LogP) is 0.587. The summed E-state index contributed by atoms with van der Waals surface area (Å²) >= 11 is 0. The molecule has 2 rings (SSSR count). The van der Waals surface area contributed by atoms with Gasteiger partial charge in [-0.1, -0.05) is 42.5 Å². The van der Waals surface area contributed by atoms with Crippen LogP contribution in [0, 0.1) is 0 Å². The Morgan fingerprint density at radius 2 is 1.41 bits per heavy atom. The van der Waals surface area contributed by atoms with Crippen LogP contribution in [-0.4, -0.2) is 17.8 Å². The third-order valence-electron chi connectivity index (χ3n) is 2.77. The lowest BCUT2D eigenvalue weighted by Gasteiger charge is -2.05. The van der Waals surface area contributed by atoms with Crippen molar-refractivity contribution in [3.05, 3.63) is 60.2 Å². The fraction of sp³-hybridized carbons (Fsp3) is 0. The summed E-state index contributed by atoms with van der Waals surface area (Å²) in [4.78, 5) is 12.0. The molecule has 0 aliphatic carbocycles. The third kappa shape index (κ3) is 4.07. The van der Waals surface area contributed by atoms with Crippen LogP contribution in [0.15, 0.2) is 64.8 Å². The molecule has 7 nitrogen and oxygen atoms in total. The van der Waals surface area contributed by atoms with Crippen molar-refractivity contribution >= 4 is 17.8 Å². The van der Waals surface area contributed by atoms with Crippen molar-refractivity contribution in [2.45, 2.75) is 0 Å². The molecule has 7 N–H and O–H groups in total. The minimum absolute atomic E-state index is 0.189. The first kappa shape index (κ1) is 15.0. The van der Waals surface area contributed by atoms with Gasteiger partial charge in [-0.3, -0.25) is 10.1 Å². The second-order valence-corrected chi connectivity index (χ2v) is 4.41. The highest BCUT2D eigenvalue weighted by Gasteiger charge is 2.07. The molecule has 0 aromatic heterocycles. The molecule has 0 atom stereocenters. The van der Waals surface area contributed by atoms with E-state index in [1.807, 2.05) is 42.5 Å². The molecule has 0 saturated heterocycles. The maximum atomic E-state index is 12.0. The van der Waals surface area contributed by atoms with Crippen molar-refractivity contribution in [3.8, 4) is 11.1 Å². The molecule has 1 amide bonds. The Morgan fingerprint density at radius 1 is 0.818 bits per heavy atom. The topological polar surface area (TPSA) is 132 Å². The predicted molar refractivity (Wildman–Crippen MR) is 86.8 cm³/mol. The second-order valence-electron chi connectivity index (χ2n) is 4.41. The van der Waals surface area contributed by atoms with Gasteiger partial charge in [0.05, 0.1) is 0 Å². The smallest absolute Gasteiger partial charge is 0.257 e. The van der Waals surface area contributed by atoms with Gasteiger partial charge in [0.1, 0.15) is 0 Å². The van der Waals surface area contributed by atoms with Crippen molar-refractivity contribution in [2.75, 3.05) is 0 Å². The highest BCUT2D eigenvalue weighted by molar-refractivity contribution is 6.05. The molecular formula is C15H16N6O. The average Bonchev–Trinajstić information content (AvgIpc) is 2.54. The van der Waals surface area contributed by atoms with Gasteiger partial charge in [-0.05, 0) is 23.3 Å². The van der Waals surface area contributed by atoms with Gasteiger partial charge in [0.2, 0.25) is 11.9 Å². The largest absolute Gasteiger partial charge is 0.369 e. The highest BCUT2D eigenvalue weighted by atomic mass is 16.1. The van der Waals surface area contributed by atoms with E-state index in [9.17, 15) is 4.79 Å². The standard InChI is InChI=1S/C15H16N6O/c16-14(17)20-21-15(18)19-13(22)12-8-6-11(7-9-12)10-4-2-1-3-5-10/h1-9H,(H4,16,17,20)(H3,18,19,21,22). The van der Waals surface area contributed by atoms with Crippen LogP contribution in [-0.2, 0) is 0 Å². The normalized spacial score (nSPS) is 10.8. The summed E-state index contributed by atoms with van der Waals surface area (Å²) in [6.07, 6.45) is 0. The van der Waals surface area contributed by atoms with Crippen LogP contribution < -0.4 is 22.5 Å². The number of nitrogens with two attached hydrogens (primary N) is 3. The summed E-state index contributed by atoms with van der Waals surface area (Å²) in [5, 5.41) is 9.18. The second kappa shape index (κ2) is 6.89. The lowest BCUT2D eigenvalue weighted by Crippen LogP contribution is -2.36. The lowest BCUT2D eigenvalue weighted by molar-refractivity contribution is 0.0976. The number of guanidine groups is 2. The van der Waals surface area contributed by atoms with Crippen molar-refractivity contribution < 1.29 is 4.79 Å². The first-order valence-electron chi connectivity index (χ1n) is 6.45. The molecule has 112 valence electrons. The molecule has 0 bridgehead atoms.